The van der Waals surface area contributed by atoms with Crippen LogP contribution in [0.2, 0.25) is 0 Å². The van der Waals surface area contributed by atoms with Gasteiger partial charge in [-0.3, -0.25) is 9.59 Å². The van der Waals surface area contributed by atoms with Crippen molar-refractivity contribution in [1.29, 1.82) is 0 Å². The van der Waals surface area contributed by atoms with Crippen molar-refractivity contribution in [2.75, 3.05) is 0 Å². The molecule has 4 aromatic carbocycles. The molecule has 0 bridgehead atoms. The van der Waals surface area contributed by atoms with E-state index >= 15 is 4.39 Å². The smallest absolute Gasteiger partial charge is 0.419 e. The highest BCUT2D eigenvalue weighted by Crippen LogP contribution is 2.39. The van der Waals surface area contributed by atoms with Crippen LogP contribution in [0.1, 0.15) is 56.8 Å². The molecular formula is C34H25F10NO3. The highest BCUT2D eigenvalue weighted by molar-refractivity contribution is 6.02. The Morgan fingerprint density at radius 1 is 0.750 bits per heavy atom. The molecule has 4 rings (SSSR count). The summed E-state index contributed by atoms with van der Waals surface area (Å²) in [6.07, 6.45) is -10.8. The summed E-state index contributed by atoms with van der Waals surface area (Å²) >= 11 is 0. The fourth-order valence-electron chi connectivity index (χ4n) is 4.98. The molecule has 1 amide bonds. The van der Waals surface area contributed by atoms with Crippen molar-refractivity contribution in [3.63, 3.8) is 0 Å². The second-order valence-corrected chi connectivity index (χ2v) is 11.0. The lowest BCUT2D eigenvalue weighted by Crippen LogP contribution is -2.49. The number of ketones is 1. The van der Waals surface area contributed by atoms with E-state index in [-0.39, 0.29) is 17.7 Å². The molecule has 0 fully saturated rings. The second kappa shape index (κ2) is 13.7. The minimum atomic E-state index is -5.26. The Hall–Kier alpha value is -4.88. The Bertz CT molecular complexity index is 1810. The number of rotatable bonds is 11. The van der Waals surface area contributed by atoms with Gasteiger partial charge in [-0.05, 0) is 79.1 Å². The number of halogens is 10. The predicted octanol–water partition coefficient (Wildman–Crippen LogP) is 8.91. The Morgan fingerprint density at radius 3 is 2.00 bits per heavy atom. The Balaban J connectivity index is 2.06. The first-order valence-electron chi connectivity index (χ1n) is 14.1. The average Bonchev–Trinajstić information content (AvgIpc) is 3.00. The lowest BCUT2D eigenvalue weighted by atomic mass is 9.76. The molecule has 1 N–H and O–H groups in total. The Labute approximate surface area is 267 Å². The molecule has 0 spiro atoms. The summed E-state index contributed by atoms with van der Waals surface area (Å²) in [5.74, 6) is -13.5. The van der Waals surface area contributed by atoms with E-state index in [9.17, 15) is 49.1 Å². The van der Waals surface area contributed by atoms with Gasteiger partial charge in [0.2, 0.25) is 5.78 Å². The average molecular weight is 686 g/mol. The molecule has 0 aliphatic carbocycles. The van der Waals surface area contributed by atoms with E-state index in [4.69, 9.17) is 4.74 Å². The number of benzene rings is 4. The van der Waals surface area contributed by atoms with E-state index in [1.165, 1.54) is 12.1 Å². The van der Waals surface area contributed by atoms with Crippen molar-refractivity contribution >= 4 is 11.7 Å². The van der Waals surface area contributed by atoms with Crippen molar-refractivity contribution in [3.8, 4) is 5.75 Å². The molecule has 254 valence electrons. The molecule has 0 aliphatic rings. The molecule has 0 radical (unpaired) electrons. The normalized spacial score (nSPS) is 13.4. The van der Waals surface area contributed by atoms with Gasteiger partial charge in [-0.2, -0.15) is 22.0 Å². The number of carbonyl (C=O) groups excluding carboxylic acids is 2. The van der Waals surface area contributed by atoms with Crippen molar-refractivity contribution in [3.05, 3.63) is 136 Å². The zero-order chi connectivity index (χ0) is 35.6. The molecule has 48 heavy (non-hydrogen) atoms. The Morgan fingerprint density at radius 2 is 1.40 bits per heavy atom. The van der Waals surface area contributed by atoms with Gasteiger partial charge in [0.05, 0.1) is 17.2 Å². The van der Waals surface area contributed by atoms with Gasteiger partial charge in [0.25, 0.3) is 5.91 Å². The number of Topliss-reactive ketones (excluding diaryl/α,β-unsaturated/α-hetero) is 1. The molecule has 0 heterocycles. The summed E-state index contributed by atoms with van der Waals surface area (Å²) in [6.45, 7) is 3.09. The first-order valence-corrected chi connectivity index (χ1v) is 14.1. The quantitative estimate of drug-likeness (QED) is 0.127. The SMILES string of the molecule is CC(C)Oc1cc([C@@](Cc2ccccc2)(NC(=O)c2ccc(F)c(C(F)(F)F)c2)c2cc(F)cc(C(=O)C(F)(F)C(F)F)c2)ccc1F. The van der Waals surface area contributed by atoms with Crippen LogP contribution in [-0.2, 0) is 18.1 Å². The molecule has 0 unspecified atom stereocenters. The molecule has 0 aromatic heterocycles. The number of hydrogen-bond acceptors (Lipinski definition) is 3. The monoisotopic (exact) mass is 685 g/mol. The number of alkyl halides is 7. The van der Waals surface area contributed by atoms with Crippen LogP contribution in [-0.4, -0.2) is 30.1 Å². The van der Waals surface area contributed by atoms with Gasteiger partial charge in [0.15, 0.2) is 11.6 Å². The van der Waals surface area contributed by atoms with E-state index in [1.807, 2.05) is 0 Å². The van der Waals surface area contributed by atoms with Crippen molar-refractivity contribution in [2.45, 2.75) is 50.4 Å². The zero-order valence-electron chi connectivity index (χ0n) is 24.9. The minimum Gasteiger partial charge on any atom is -0.488 e. The second-order valence-electron chi connectivity index (χ2n) is 11.0. The van der Waals surface area contributed by atoms with Crippen LogP contribution >= 0.6 is 0 Å². The third-order valence-corrected chi connectivity index (χ3v) is 7.19. The number of carbonyl (C=O) groups is 2. The predicted molar refractivity (Wildman–Crippen MR) is 154 cm³/mol. The molecule has 0 saturated carbocycles. The molecule has 0 aliphatic heterocycles. The third-order valence-electron chi connectivity index (χ3n) is 7.19. The Kier molecular flexibility index (Phi) is 10.3. The van der Waals surface area contributed by atoms with Gasteiger partial charge < -0.3 is 10.1 Å². The summed E-state index contributed by atoms with van der Waals surface area (Å²) in [7, 11) is 0. The zero-order valence-corrected chi connectivity index (χ0v) is 24.9. The van der Waals surface area contributed by atoms with E-state index in [0.29, 0.717) is 23.8 Å². The van der Waals surface area contributed by atoms with Crippen LogP contribution in [0.25, 0.3) is 0 Å². The molecule has 0 saturated heterocycles. The highest BCUT2D eigenvalue weighted by atomic mass is 19.4. The van der Waals surface area contributed by atoms with E-state index < -0.39 is 93.7 Å². The van der Waals surface area contributed by atoms with Crippen LogP contribution in [0, 0.1) is 17.5 Å². The molecule has 4 aromatic rings. The van der Waals surface area contributed by atoms with E-state index in [0.717, 1.165) is 24.3 Å². The fraction of sp³-hybridized carbons (Fsp3) is 0.235. The topological polar surface area (TPSA) is 55.4 Å². The van der Waals surface area contributed by atoms with Crippen LogP contribution in [0.5, 0.6) is 5.75 Å². The summed E-state index contributed by atoms with van der Waals surface area (Å²) in [5, 5.41) is 2.46. The maximum Gasteiger partial charge on any atom is 0.419 e. The minimum absolute atomic E-state index is 0.153. The first kappa shape index (κ1) is 36.0. The third kappa shape index (κ3) is 7.63. The number of amides is 1. The van der Waals surface area contributed by atoms with Crippen molar-refractivity contribution in [1.82, 2.24) is 5.32 Å². The van der Waals surface area contributed by atoms with E-state index in [2.05, 4.69) is 5.32 Å². The fourth-order valence-corrected chi connectivity index (χ4v) is 4.98. The van der Waals surface area contributed by atoms with Gasteiger partial charge in [-0.25, -0.2) is 22.0 Å². The van der Waals surface area contributed by atoms with Gasteiger partial charge in [-0.1, -0.05) is 36.4 Å². The summed E-state index contributed by atoms with van der Waals surface area (Å²) < 4.78 is 145. The molecule has 4 nitrogen and oxygen atoms in total. The lowest BCUT2D eigenvalue weighted by Gasteiger charge is -2.37. The summed E-state index contributed by atoms with van der Waals surface area (Å²) in [5.41, 5.74) is -6.38. The van der Waals surface area contributed by atoms with Gasteiger partial charge in [0, 0.05) is 17.5 Å². The maximum atomic E-state index is 15.2. The van der Waals surface area contributed by atoms with Crippen LogP contribution in [0.3, 0.4) is 0 Å². The van der Waals surface area contributed by atoms with Crippen LogP contribution in [0.15, 0.2) is 84.9 Å². The van der Waals surface area contributed by atoms with Gasteiger partial charge in [-0.15, -0.1) is 0 Å². The number of ether oxygens (including phenoxy) is 1. The van der Waals surface area contributed by atoms with Gasteiger partial charge in [0.1, 0.15) is 11.6 Å². The van der Waals surface area contributed by atoms with Gasteiger partial charge >= 0.3 is 18.5 Å². The molecular weight excluding hydrogens is 660 g/mol. The lowest BCUT2D eigenvalue weighted by molar-refractivity contribution is -0.140. The molecule has 14 heteroatoms. The number of hydrogen-bond donors (Lipinski definition) is 1. The van der Waals surface area contributed by atoms with Crippen molar-refractivity contribution < 1.29 is 58.2 Å². The number of nitrogens with one attached hydrogen (secondary N) is 1. The summed E-state index contributed by atoms with van der Waals surface area (Å²) in [6, 6.07) is 13.6. The summed E-state index contributed by atoms with van der Waals surface area (Å²) in [4.78, 5) is 26.3. The largest absolute Gasteiger partial charge is 0.488 e. The standard InChI is InChI=1S/C34H25F10NO3/c1-18(2)48-28-16-22(9-11-27(28)37)32(17-19-6-4-3-5-7-19,45-30(47)20-8-10-26(36)25(14-20)34(42,43)44)23-12-21(13-24(35)15-23)29(46)33(40,41)31(38)39/h3-16,18,31H,17H2,1-2H3,(H,45,47)/t32-/m1/s1. The van der Waals surface area contributed by atoms with Crippen LogP contribution in [0.4, 0.5) is 43.9 Å². The first-order chi connectivity index (χ1) is 22.3. The van der Waals surface area contributed by atoms with Crippen LogP contribution < -0.4 is 10.1 Å². The van der Waals surface area contributed by atoms with E-state index in [1.54, 1.807) is 32.0 Å². The maximum absolute atomic E-state index is 15.2. The highest BCUT2D eigenvalue weighted by Gasteiger charge is 2.50. The molecule has 1 atom stereocenters. The van der Waals surface area contributed by atoms with Crippen molar-refractivity contribution in [2.24, 2.45) is 0 Å².